The van der Waals surface area contributed by atoms with E-state index < -0.39 is 0 Å². The molecule has 1 rings (SSSR count). The van der Waals surface area contributed by atoms with E-state index in [9.17, 15) is 0 Å². The van der Waals surface area contributed by atoms with Gasteiger partial charge in [-0.25, -0.2) is 0 Å². The molecule has 0 saturated carbocycles. The molecule has 2 nitrogen and oxygen atoms in total. The average Bonchev–Trinajstić information content (AvgIpc) is 2.10. The summed E-state index contributed by atoms with van der Waals surface area (Å²) in [4.78, 5) is 0. The zero-order chi connectivity index (χ0) is 8.69. The minimum absolute atomic E-state index is 0.121. The monoisotopic (exact) mass is 146 g/mol. The summed E-state index contributed by atoms with van der Waals surface area (Å²) < 4.78 is 0. The normalized spacial score (nSPS) is 7.45. The van der Waals surface area contributed by atoms with Gasteiger partial charge in [0.15, 0.2) is 0 Å². The second-order valence-electron chi connectivity index (χ2n) is 1.78. The van der Waals surface area contributed by atoms with E-state index in [1.54, 1.807) is 0 Å². The van der Waals surface area contributed by atoms with Gasteiger partial charge in [-0.2, -0.15) is 0 Å². The van der Waals surface area contributed by atoms with E-state index in [2.05, 4.69) is 12.8 Å². The molecule has 0 saturated heterocycles. The number of rotatable bonds is 1. The topological polar surface area (TPSA) is 49.9 Å². The van der Waals surface area contributed by atoms with E-state index in [4.69, 9.17) is 11.1 Å². The molecule has 0 unspecified atom stereocenters. The fraction of sp³-hybridized carbons (Fsp3) is 0. The Morgan fingerprint density at radius 3 is 1.91 bits per heavy atom. The highest BCUT2D eigenvalue weighted by molar-refractivity contribution is 5.94. The molecule has 0 radical (unpaired) electrons. The van der Waals surface area contributed by atoms with Crippen LogP contribution in [0.4, 0.5) is 0 Å². The molecular formula is C9H10N2. The van der Waals surface area contributed by atoms with Crippen molar-refractivity contribution in [2.45, 2.75) is 0 Å². The molecule has 1 aromatic carbocycles. The number of amidine groups is 1. The number of nitrogens with one attached hydrogen (secondary N) is 1. The molecule has 0 heterocycles. The SMILES string of the molecule is C#C.N=C(N)c1ccccc1. The third-order valence-corrected chi connectivity index (χ3v) is 1.08. The van der Waals surface area contributed by atoms with Gasteiger partial charge in [0.1, 0.15) is 5.84 Å². The fourth-order valence-corrected chi connectivity index (χ4v) is 0.618. The second kappa shape index (κ2) is 5.07. The van der Waals surface area contributed by atoms with Crippen LogP contribution in [0.2, 0.25) is 0 Å². The molecule has 0 spiro atoms. The fourth-order valence-electron chi connectivity index (χ4n) is 0.618. The van der Waals surface area contributed by atoms with Gasteiger partial charge in [-0.1, -0.05) is 30.3 Å². The first-order valence-electron chi connectivity index (χ1n) is 3.03. The van der Waals surface area contributed by atoms with Gasteiger partial charge >= 0.3 is 0 Å². The van der Waals surface area contributed by atoms with E-state index in [0.717, 1.165) is 5.56 Å². The number of hydrogen-bond acceptors (Lipinski definition) is 1. The predicted octanol–water partition coefficient (Wildman–Crippen LogP) is 1.22. The molecule has 1 aromatic rings. The van der Waals surface area contributed by atoms with Crippen LogP contribution in [0, 0.1) is 18.3 Å². The van der Waals surface area contributed by atoms with E-state index >= 15 is 0 Å². The zero-order valence-corrected chi connectivity index (χ0v) is 6.12. The van der Waals surface area contributed by atoms with E-state index in [-0.39, 0.29) is 5.84 Å². The first-order chi connectivity index (χ1) is 5.30. The summed E-state index contributed by atoms with van der Waals surface area (Å²) in [5.74, 6) is 0.121. The average molecular weight is 146 g/mol. The van der Waals surface area contributed by atoms with Crippen LogP contribution < -0.4 is 5.73 Å². The summed E-state index contributed by atoms with van der Waals surface area (Å²) >= 11 is 0. The lowest BCUT2D eigenvalue weighted by atomic mass is 10.2. The van der Waals surface area contributed by atoms with Crippen molar-refractivity contribution >= 4 is 5.84 Å². The summed E-state index contributed by atoms with van der Waals surface area (Å²) in [6.45, 7) is 0. The molecule has 3 N–H and O–H groups in total. The Labute approximate surface area is 66.6 Å². The number of hydrogen-bond donors (Lipinski definition) is 2. The third kappa shape index (κ3) is 3.07. The number of nitrogens with two attached hydrogens (primary N) is 1. The van der Waals surface area contributed by atoms with Crippen LogP contribution in [-0.4, -0.2) is 5.84 Å². The number of nitrogen functional groups attached to an aromatic ring is 1. The van der Waals surface area contributed by atoms with E-state index in [0.29, 0.717) is 0 Å². The van der Waals surface area contributed by atoms with Gasteiger partial charge in [0.2, 0.25) is 0 Å². The summed E-state index contributed by atoms with van der Waals surface area (Å²) in [5, 5.41) is 7.01. The van der Waals surface area contributed by atoms with Crippen molar-refractivity contribution in [2.75, 3.05) is 0 Å². The lowest BCUT2D eigenvalue weighted by Gasteiger charge is -1.93. The number of terminal acetylenes is 1. The summed E-state index contributed by atoms with van der Waals surface area (Å²) in [6, 6.07) is 9.23. The number of benzene rings is 1. The Hall–Kier alpha value is -1.75. The standard InChI is InChI=1S/C7H8N2.C2H2/c8-7(9)6-4-2-1-3-5-6;1-2/h1-5H,(H3,8,9);1-2H. The highest BCUT2D eigenvalue weighted by Gasteiger charge is 1.89. The molecule has 56 valence electrons. The first kappa shape index (κ1) is 9.25. The lowest BCUT2D eigenvalue weighted by molar-refractivity contribution is 1.42. The summed E-state index contributed by atoms with van der Waals surface area (Å²) in [6.07, 6.45) is 8.00. The van der Waals surface area contributed by atoms with Crippen LogP contribution in [0.15, 0.2) is 30.3 Å². The van der Waals surface area contributed by atoms with Crippen molar-refractivity contribution in [2.24, 2.45) is 5.73 Å². The predicted molar refractivity (Wildman–Crippen MR) is 47.3 cm³/mol. The Morgan fingerprint density at radius 2 is 1.64 bits per heavy atom. The Kier molecular flexibility index (Phi) is 4.26. The molecule has 0 aliphatic heterocycles. The maximum atomic E-state index is 7.01. The van der Waals surface area contributed by atoms with Crippen LogP contribution in [0.1, 0.15) is 5.56 Å². The minimum Gasteiger partial charge on any atom is -0.384 e. The van der Waals surface area contributed by atoms with Crippen LogP contribution in [0.25, 0.3) is 0 Å². The van der Waals surface area contributed by atoms with Gasteiger partial charge < -0.3 is 5.73 Å². The lowest BCUT2D eigenvalue weighted by Crippen LogP contribution is -2.10. The quantitative estimate of drug-likeness (QED) is 0.349. The second-order valence-corrected chi connectivity index (χ2v) is 1.78. The summed E-state index contributed by atoms with van der Waals surface area (Å²) in [5.41, 5.74) is 5.97. The van der Waals surface area contributed by atoms with Gasteiger partial charge in [0.05, 0.1) is 0 Å². The molecule has 0 aromatic heterocycles. The zero-order valence-electron chi connectivity index (χ0n) is 6.12. The highest BCUT2D eigenvalue weighted by Crippen LogP contribution is 1.94. The van der Waals surface area contributed by atoms with Crippen LogP contribution >= 0.6 is 0 Å². The van der Waals surface area contributed by atoms with Crippen molar-refractivity contribution in [1.29, 1.82) is 5.41 Å². The summed E-state index contributed by atoms with van der Waals surface area (Å²) in [7, 11) is 0. The van der Waals surface area contributed by atoms with Crippen molar-refractivity contribution in [3.05, 3.63) is 35.9 Å². The Balaban J connectivity index is 0.000000461. The van der Waals surface area contributed by atoms with Crippen molar-refractivity contribution in [1.82, 2.24) is 0 Å². The Bertz CT molecular complexity index is 236. The molecule has 0 amide bonds. The third-order valence-electron chi connectivity index (χ3n) is 1.08. The maximum Gasteiger partial charge on any atom is 0.122 e. The molecule has 0 aliphatic rings. The maximum absolute atomic E-state index is 7.01. The molecule has 2 heteroatoms. The van der Waals surface area contributed by atoms with Gasteiger partial charge in [0.25, 0.3) is 0 Å². The molecule has 11 heavy (non-hydrogen) atoms. The Morgan fingerprint density at radius 1 is 1.18 bits per heavy atom. The van der Waals surface area contributed by atoms with E-state index in [1.807, 2.05) is 30.3 Å². The van der Waals surface area contributed by atoms with Gasteiger partial charge in [-0.3, -0.25) is 5.41 Å². The molecular weight excluding hydrogens is 136 g/mol. The first-order valence-corrected chi connectivity index (χ1v) is 3.03. The van der Waals surface area contributed by atoms with Gasteiger partial charge in [-0.05, 0) is 0 Å². The molecule has 0 fully saturated rings. The van der Waals surface area contributed by atoms with E-state index in [1.165, 1.54) is 0 Å². The van der Waals surface area contributed by atoms with Crippen LogP contribution in [0.3, 0.4) is 0 Å². The van der Waals surface area contributed by atoms with Crippen LogP contribution in [0.5, 0.6) is 0 Å². The minimum atomic E-state index is 0.121. The van der Waals surface area contributed by atoms with Gasteiger partial charge in [0, 0.05) is 5.56 Å². The van der Waals surface area contributed by atoms with Crippen LogP contribution in [-0.2, 0) is 0 Å². The molecule has 0 aliphatic carbocycles. The highest BCUT2D eigenvalue weighted by atomic mass is 14.7. The smallest absolute Gasteiger partial charge is 0.122 e. The van der Waals surface area contributed by atoms with Gasteiger partial charge in [-0.15, -0.1) is 12.8 Å². The van der Waals surface area contributed by atoms with Crippen molar-refractivity contribution in [3.63, 3.8) is 0 Å². The molecule has 0 atom stereocenters. The van der Waals surface area contributed by atoms with Crippen molar-refractivity contribution in [3.8, 4) is 12.8 Å². The molecule has 0 bridgehead atoms. The largest absolute Gasteiger partial charge is 0.384 e. The van der Waals surface area contributed by atoms with Crippen molar-refractivity contribution < 1.29 is 0 Å².